The fourth-order valence-electron chi connectivity index (χ4n) is 3.34. The quantitative estimate of drug-likeness (QED) is 0.359. The molecule has 4 rings (SSSR count). The molecule has 0 aliphatic heterocycles. The Morgan fingerprint density at radius 1 is 0.935 bits per heavy atom. The minimum Gasteiger partial charge on any atom is -0.497 e. The van der Waals surface area contributed by atoms with E-state index in [0.717, 1.165) is 47.2 Å². The standard InChI is InChI=1S/C24H26N4O3/c1-3-27(18-19-17-26-28-13-5-12-25-24(19)28)20-6-4-7-23(16-20)31-15-14-30-22-10-8-21(29-2)9-11-22/h4-13,16-17H,3,14-15,18H2,1-2H3. The number of aromatic nitrogens is 3. The van der Waals surface area contributed by atoms with Gasteiger partial charge in [0.2, 0.25) is 0 Å². The molecule has 2 heterocycles. The number of anilines is 1. The van der Waals surface area contributed by atoms with Crippen molar-refractivity contribution in [1.29, 1.82) is 0 Å². The van der Waals surface area contributed by atoms with E-state index in [2.05, 4.69) is 34.0 Å². The first kappa shape index (κ1) is 20.5. The summed E-state index contributed by atoms with van der Waals surface area (Å²) in [6, 6.07) is 17.5. The van der Waals surface area contributed by atoms with Crippen molar-refractivity contribution in [2.45, 2.75) is 13.5 Å². The van der Waals surface area contributed by atoms with Gasteiger partial charge in [0.1, 0.15) is 30.5 Å². The van der Waals surface area contributed by atoms with Crippen molar-refractivity contribution in [3.05, 3.63) is 78.8 Å². The molecule has 0 aliphatic carbocycles. The van der Waals surface area contributed by atoms with Crippen LogP contribution in [-0.2, 0) is 6.54 Å². The molecule has 2 aromatic heterocycles. The van der Waals surface area contributed by atoms with Gasteiger partial charge in [-0.2, -0.15) is 5.10 Å². The van der Waals surface area contributed by atoms with E-state index in [-0.39, 0.29) is 0 Å². The molecule has 2 aromatic carbocycles. The molecule has 7 nitrogen and oxygen atoms in total. The third kappa shape index (κ3) is 5.06. The number of benzene rings is 2. The lowest BCUT2D eigenvalue weighted by Gasteiger charge is -2.23. The fourth-order valence-corrected chi connectivity index (χ4v) is 3.34. The smallest absolute Gasteiger partial charge is 0.159 e. The maximum Gasteiger partial charge on any atom is 0.159 e. The number of fused-ring (bicyclic) bond motifs is 1. The second-order valence-corrected chi connectivity index (χ2v) is 6.94. The average Bonchev–Trinajstić information content (AvgIpc) is 3.23. The van der Waals surface area contributed by atoms with E-state index < -0.39 is 0 Å². The first-order valence-corrected chi connectivity index (χ1v) is 10.3. The van der Waals surface area contributed by atoms with Gasteiger partial charge in [0.05, 0.1) is 13.3 Å². The lowest BCUT2D eigenvalue weighted by molar-refractivity contribution is 0.217. The van der Waals surface area contributed by atoms with Gasteiger partial charge < -0.3 is 19.1 Å². The predicted octanol–water partition coefficient (Wildman–Crippen LogP) is 4.22. The van der Waals surface area contributed by atoms with Crippen LogP contribution in [-0.4, -0.2) is 41.5 Å². The molecule has 0 radical (unpaired) electrons. The molecular formula is C24H26N4O3. The minimum absolute atomic E-state index is 0.458. The van der Waals surface area contributed by atoms with Crippen LogP contribution in [0.1, 0.15) is 12.5 Å². The Labute approximate surface area is 181 Å². The Bertz CT molecular complexity index is 1110. The molecule has 4 aromatic rings. The Kier molecular flexibility index (Phi) is 6.52. The number of methoxy groups -OCH3 is 1. The zero-order chi connectivity index (χ0) is 21.5. The van der Waals surface area contributed by atoms with Gasteiger partial charge in [-0.1, -0.05) is 6.07 Å². The molecule has 0 aliphatic rings. The SMILES string of the molecule is CCN(Cc1cnn2cccnc12)c1cccc(OCCOc2ccc(OC)cc2)c1. The van der Waals surface area contributed by atoms with E-state index in [1.54, 1.807) is 17.8 Å². The van der Waals surface area contributed by atoms with Crippen LogP contribution in [0.25, 0.3) is 5.65 Å². The number of nitrogens with zero attached hydrogens (tertiary/aromatic N) is 4. The van der Waals surface area contributed by atoms with Gasteiger partial charge >= 0.3 is 0 Å². The van der Waals surface area contributed by atoms with Crippen LogP contribution >= 0.6 is 0 Å². The van der Waals surface area contributed by atoms with Crippen molar-refractivity contribution < 1.29 is 14.2 Å². The van der Waals surface area contributed by atoms with E-state index >= 15 is 0 Å². The molecule has 0 bridgehead atoms. The van der Waals surface area contributed by atoms with Gasteiger partial charge in [0.15, 0.2) is 5.65 Å². The summed E-state index contributed by atoms with van der Waals surface area (Å²) >= 11 is 0. The van der Waals surface area contributed by atoms with Crippen LogP contribution < -0.4 is 19.1 Å². The second kappa shape index (κ2) is 9.84. The van der Waals surface area contributed by atoms with Crippen molar-refractivity contribution >= 4 is 11.3 Å². The van der Waals surface area contributed by atoms with Crippen LogP contribution in [0.5, 0.6) is 17.2 Å². The molecule has 0 N–H and O–H groups in total. The summed E-state index contributed by atoms with van der Waals surface area (Å²) in [6.07, 6.45) is 5.58. The van der Waals surface area contributed by atoms with Crippen LogP contribution in [0.2, 0.25) is 0 Å². The van der Waals surface area contributed by atoms with Crippen LogP contribution in [0.3, 0.4) is 0 Å². The van der Waals surface area contributed by atoms with Gasteiger partial charge in [-0.15, -0.1) is 0 Å². The fraction of sp³-hybridized carbons (Fsp3) is 0.250. The van der Waals surface area contributed by atoms with Gasteiger partial charge in [0.25, 0.3) is 0 Å². The average molecular weight is 418 g/mol. The summed E-state index contributed by atoms with van der Waals surface area (Å²) in [5, 5.41) is 4.38. The molecule has 0 spiro atoms. The molecule has 0 saturated heterocycles. The van der Waals surface area contributed by atoms with Crippen LogP contribution in [0, 0.1) is 0 Å². The van der Waals surface area contributed by atoms with Crippen molar-refractivity contribution in [3.63, 3.8) is 0 Å². The van der Waals surface area contributed by atoms with E-state index in [1.807, 2.05) is 54.9 Å². The maximum absolute atomic E-state index is 5.91. The van der Waals surface area contributed by atoms with Gasteiger partial charge in [-0.25, -0.2) is 9.50 Å². The van der Waals surface area contributed by atoms with Crippen LogP contribution in [0.4, 0.5) is 5.69 Å². The molecule has 0 atom stereocenters. The third-order valence-corrected chi connectivity index (χ3v) is 4.96. The highest BCUT2D eigenvalue weighted by molar-refractivity contribution is 5.54. The first-order valence-electron chi connectivity index (χ1n) is 10.3. The molecule has 0 amide bonds. The Balaban J connectivity index is 1.35. The van der Waals surface area contributed by atoms with Crippen molar-refractivity contribution in [1.82, 2.24) is 14.6 Å². The second-order valence-electron chi connectivity index (χ2n) is 6.94. The van der Waals surface area contributed by atoms with E-state index in [0.29, 0.717) is 13.2 Å². The molecule has 31 heavy (non-hydrogen) atoms. The Hall–Kier alpha value is -3.74. The highest BCUT2D eigenvalue weighted by Crippen LogP contribution is 2.24. The summed E-state index contributed by atoms with van der Waals surface area (Å²) in [7, 11) is 1.65. The van der Waals surface area contributed by atoms with E-state index in [4.69, 9.17) is 14.2 Å². The van der Waals surface area contributed by atoms with Crippen molar-refractivity contribution in [3.8, 4) is 17.2 Å². The number of ether oxygens (including phenoxy) is 3. The van der Waals surface area contributed by atoms with E-state index in [1.165, 1.54) is 0 Å². The van der Waals surface area contributed by atoms with Crippen LogP contribution in [0.15, 0.2) is 73.2 Å². The predicted molar refractivity (Wildman–Crippen MR) is 120 cm³/mol. The molecular weight excluding hydrogens is 392 g/mol. The molecule has 7 heteroatoms. The number of hydrogen-bond acceptors (Lipinski definition) is 6. The summed E-state index contributed by atoms with van der Waals surface area (Å²) in [5.41, 5.74) is 3.05. The maximum atomic E-state index is 5.91. The Morgan fingerprint density at radius 3 is 2.48 bits per heavy atom. The highest BCUT2D eigenvalue weighted by Gasteiger charge is 2.11. The number of hydrogen-bond donors (Lipinski definition) is 0. The largest absolute Gasteiger partial charge is 0.497 e. The summed E-state index contributed by atoms with van der Waals surface area (Å²) < 4.78 is 18.6. The first-order chi connectivity index (χ1) is 15.3. The molecule has 0 fully saturated rings. The third-order valence-electron chi connectivity index (χ3n) is 4.96. The topological polar surface area (TPSA) is 61.1 Å². The molecule has 160 valence electrons. The lowest BCUT2D eigenvalue weighted by Crippen LogP contribution is -2.22. The molecule has 0 saturated carbocycles. The zero-order valence-electron chi connectivity index (χ0n) is 17.8. The Morgan fingerprint density at radius 2 is 1.71 bits per heavy atom. The molecule has 0 unspecified atom stereocenters. The van der Waals surface area contributed by atoms with Gasteiger partial charge in [-0.3, -0.25) is 0 Å². The summed E-state index contributed by atoms with van der Waals surface area (Å²) in [6.45, 7) is 4.63. The number of rotatable bonds is 10. The highest BCUT2D eigenvalue weighted by atomic mass is 16.5. The van der Waals surface area contributed by atoms with Gasteiger partial charge in [0, 0.05) is 42.8 Å². The van der Waals surface area contributed by atoms with E-state index in [9.17, 15) is 0 Å². The normalized spacial score (nSPS) is 10.8. The zero-order valence-corrected chi connectivity index (χ0v) is 17.8. The monoisotopic (exact) mass is 418 g/mol. The summed E-state index contributed by atoms with van der Waals surface area (Å²) in [5.74, 6) is 2.41. The lowest BCUT2D eigenvalue weighted by atomic mass is 10.2. The van der Waals surface area contributed by atoms with Crippen molar-refractivity contribution in [2.75, 3.05) is 31.8 Å². The minimum atomic E-state index is 0.458. The van der Waals surface area contributed by atoms with Gasteiger partial charge in [-0.05, 0) is 49.4 Å². The summed E-state index contributed by atoms with van der Waals surface area (Å²) in [4.78, 5) is 6.72. The van der Waals surface area contributed by atoms with Crippen molar-refractivity contribution in [2.24, 2.45) is 0 Å².